The van der Waals surface area contributed by atoms with Gasteiger partial charge in [-0.15, -0.1) is 11.3 Å². The summed E-state index contributed by atoms with van der Waals surface area (Å²) in [6.45, 7) is 0. The number of fused-ring (bicyclic) bond motifs is 1. The topological polar surface area (TPSA) is 58.6 Å². The third-order valence-electron chi connectivity index (χ3n) is 3.69. The van der Waals surface area contributed by atoms with Gasteiger partial charge in [0.15, 0.2) is 0 Å². The maximum absolute atomic E-state index is 11.6. The molecule has 0 radical (unpaired) electrons. The van der Waals surface area contributed by atoms with Crippen molar-refractivity contribution in [3.05, 3.63) is 40.3 Å². The number of hydrogen-bond donors (Lipinski definition) is 2. The molecule has 2 N–H and O–H groups in total. The van der Waals surface area contributed by atoms with Crippen LogP contribution in [0.2, 0.25) is 0 Å². The van der Waals surface area contributed by atoms with E-state index in [-0.39, 0.29) is 0 Å². The standard InChI is InChI=1S/C16H17NO3S2/c1-20-10-5-4-6-11(9-10)22-17-15-14(16(18)19)12-7-2-3-8-13(12)21-15/h4-6,9,17H,2-3,7-8H2,1H3,(H,18,19). The number of hydrogen-bond acceptors (Lipinski definition) is 5. The van der Waals surface area contributed by atoms with Gasteiger partial charge in [-0.05, 0) is 61.4 Å². The molecule has 4 nitrogen and oxygen atoms in total. The Kier molecular flexibility index (Phi) is 4.59. The largest absolute Gasteiger partial charge is 0.497 e. The Balaban J connectivity index is 1.82. The number of thiophene rings is 1. The lowest BCUT2D eigenvalue weighted by atomic mass is 9.96. The number of carboxylic acids is 1. The molecule has 0 spiro atoms. The molecule has 0 aliphatic heterocycles. The van der Waals surface area contributed by atoms with Crippen molar-refractivity contribution >= 4 is 34.3 Å². The molecule has 3 rings (SSSR count). The monoisotopic (exact) mass is 335 g/mol. The normalized spacial score (nSPS) is 13.5. The van der Waals surface area contributed by atoms with E-state index in [1.54, 1.807) is 18.4 Å². The van der Waals surface area contributed by atoms with Crippen molar-refractivity contribution < 1.29 is 14.6 Å². The third kappa shape index (κ3) is 3.08. The molecule has 0 unspecified atom stereocenters. The maximum Gasteiger partial charge on any atom is 0.339 e. The summed E-state index contributed by atoms with van der Waals surface area (Å²) in [5, 5.41) is 10.3. The van der Waals surface area contributed by atoms with Crippen LogP contribution in [0.15, 0.2) is 29.2 Å². The summed E-state index contributed by atoms with van der Waals surface area (Å²) in [6.07, 6.45) is 4.09. The van der Waals surface area contributed by atoms with E-state index < -0.39 is 5.97 Å². The average Bonchev–Trinajstić information content (AvgIpc) is 2.91. The second-order valence-corrected chi connectivity index (χ2v) is 7.09. The van der Waals surface area contributed by atoms with Gasteiger partial charge in [-0.2, -0.15) is 0 Å². The quantitative estimate of drug-likeness (QED) is 0.790. The summed E-state index contributed by atoms with van der Waals surface area (Å²) in [6, 6.07) is 7.69. The summed E-state index contributed by atoms with van der Waals surface area (Å²) in [4.78, 5) is 13.8. The molecule has 22 heavy (non-hydrogen) atoms. The van der Waals surface area contributed by atoms with Crippen LogP contribution >= 0.6 is 23.3 Å². The third-order valence-corrected chi connectivity index (χ3v) is 5.82. The molecule has 1 heterocycles. The number of methoxy groups -OCH3 is 1. The minimum Gasteiger partial charge on any atom is -0.497 e. The fourth-order valence-electron chi connectivity index (χ4n) is 2.63. The van der Waals surface area contributed by atoms with Crippen molar-refractivity contribution in [2.45, 2.75) is 30.6 Å². The smallest absolute Gasteiger partial charge is 0.339 e. The number of nitrogens with one attached hydrogen (secondary N) is 1. The highest BCUT2D eigenvalue weighted by atomic mass is 32.2. The fraction of sp³-hybridized carbons (Fsp3) is 0.312. The summed E-state index contributed by atoms with van der Waals surface area (Å²) in [5.74, 6) is -0.0520. The number of benzene rings is 1. The zero-order chi connectivity index (χ0) is 15.5. The minimum absolute atomic E-state index is 0.454. The Morgan fingerprint density at radius 3 is 2.95 bits per heavy atom. The van der Waals surface area contributed by atoms with Gasteiger partial charge in [-0.25, -0.2) is 4.79 Å². The fourth-order valence-corrected chi connectivity index (χ4v) is 4.69. The van der Waals surface area contributed by atoms with Crippen molar-refractivity contribution in [1.82, 2.24) is 0 Å². The van der Waals surface area contributed by atoms with E-state index in [2.05, 4.69) is 4.72 Å². The minimum atomic E-state index is -0.840. The SMILES string of the molecule is COc1cccc(SNc2sc3c(c2C(=O)O)CCCC3)c1. The summed E-state index contributed by atoms with van der Waals surface area (Å²) < 4.78 is 8.42. The van der Waals surface area contributed by atoms with E-state index in [1.165, 1.54) is 16.8 Å². The molecular formula is C16H17NO3S2. The van der Waals surface area contributed by atoms with Gasteiger partial charge in [-0.3, -0.25) is 0 Å². The Bertz CT molecular complexity index is 697. The maximum atomic E-state index is 11.6. The number of carboxylic acid groups (broad SMARTS) is 1. The number of carbonyl (C=O) groups is 1. The van der Waals surface area contributed by atoms with E-state index in [4.69, 9.17) is 4.74 Å². The van der Waals surface area contributed by atoms with Crippen LogP contribution in [0.5, 0.6) is 5.75 Å². The number of aromatic carboxylic acids is 1. The van der Waals surface area contributed by atoms with Gasteiger partial charge in [0.2, 0.25) is 0 Å². The van der Waals surface area contributed by atoms with Crippen LogP contribution in [0.4, 0.5) is 5.00 Å². The molecule has 0 saturated heterocycles. The number of ether oxygens (including phenoxy) is 1. The molecule has 6 heteroatoms. The van der Waals surface area contributed by atoms with E-state index in [9.17, 15) is 9.90 Å². The lowest BCUT2D eigenvalue weighted by Gasteiger charge is -2.10. The zero-order valence-corrected chi connectivity index (χ0v) is 13.9. The summed E-state index contributed by atoms with van der Waals surface area (Å²) in [5.41, 5.74) is 1.48. The van der Waals surface area contributed by atoms with Gasteiger partial charge in [0.1, 0.15) is 10.8 Å². The van der Waals surface area contributed by atoms with Gasteiger partial charge in [0.25, 0.3) is 0 Å². The van der Waals surface area contributed by atoms with Crippen molar-refractivity contribution in [2.75, 3.05) is 11.8 Å². The van der Waals surface area contributed by atoms with E-state index in [0.717, 1.165) is 46.9 Å². The first-order valence-corrected chi connectivity index (χ1v) is 8.77. The van der Waals surface area contributed by atoms with Crippen molar-refractivity contribution in [1.29, 1.82) is 0 Å². The molecule has 2 aromatic rings. The zero-order valence-electron chi connectivity index (χ0n) is 12.2. The van der Waals surface area contributed by atoms with E-state index in [0.29, 0.717) is 5.56 Å². The van der Waals surface area contributed by atoms with Gasteiger partial charge >= 0.3 is 5.97 Å². The first kappa shape index (κ1) is 15.2. The van der Waals surface area contributed by atoms with Crippen LogP contribution in [0.3, 0.4) is 0 Å². The number of rotatable bonds is 5. The lowest BCUT2D eigenvalue weighted by molar-refractivity contribution is 0.0697. The highest BCUT2D eigenvalue weighted by Gasteiger charge is 2.25. The lowest BCUT2D eigenvalue weighted by Crippen LogP contribution is -2.06. The van der Waals surface area contributed by atoms with E-state index >= 15 is 0 Å². The molecule has 116 valence electrons. The van der Waals surface area contributed by atoms with Crippen molar-refractivity contribution in [2.24, 2.45) is 0 Å². The molecule has 0 fully saturated rings. The Hall–Kier alpha value is -1.66. The molecule has 1 aliphatic carbocycles. The van der Waals surface area contributed by atoms with Crippen LogP contribution in [-0.2, 0) is 12.8 Å². The van der Waals surface area contributed by atoms with Crippen LogP contribution < -0.4 is 9.46 Å². The molecule has 0 saturated carbocycles. The van der Waals surface area contributed by atoms with Crippen molar-refractivity contribution in [3.8, 4) is 5.75 Å². The molecule has 1 aromatic carbocycles. The second-order valence-electron chi connectivity index (χ2n) is 5.10. The predicted molar refractivity (Wildman–Crippen MR) is 90.4 cm³/mol. The summed E-state index contributed by atoms with van der Waals surface area (Å²) in [7, 11) is 1.63. The van der Waals surface area contributed by atoms with Gasteiger partial charge in [0.05, 0.1) is 12.7 Å². The number of anilines is 1. The summed E-state index contributed by atoms with van der Waals surface area (Å²) >= 11 is 2.99. The first-order chi connectivity index (χ1) is 10.7. The molecule has 0 atom stereocenters. The molecule has 1 aromatic heterocycles. The molecule has 1 aliphatic rings. The average molecular weight is 335 g/mol. The molecule has 0 amide bonds. The van der Waals surface area contributed by atoms with Crippen molar-refractivity contribution in [3.63, 3.8) is 0 Å². The molecule has 0 bridgehead atoms. The van der Waals surface area contributed by atoms with E-state index in [1.807, 2.05) is 24.3 Å². The van der Waals surface area contributed by atoms with Gasteiger partial charge in [0, 0.05) is 9.77 Å². The molecular weight excluding hydrogens is 318 g/mol. The van der Waals surface area contributed by atoms with Crippen LogP contribution in [0.1, 0.15) is 33.6 Å². The van der Waals surface area contributed by atoms with Gasteiger partial charge in [-0.1, -0.05) is 6.07 Å². The Morgan fingerprint density at radius 2 is 2.18 bits per heavy atom. The Labute approximate surface area is 137 Å². The van der Waals surface area contributed by atoms with Crippen LogP contribution in [-0.4, -0.2) is 18.2 Å². The highest BCUT2D eigenvalue weighted by Crippen LogP contribution is 2.40. The highest BCUT2D eigenvalue weighted by molar-refractivity contribution is 8.00. The van der Waals surface area contributed by atoms with Crippen LogP contribution in [0, 0.1) is 0 Å². The predicted octanol–water partition coefficient (Wildman–Crippen LogP) is 4.45. The first-order valence-electron chi connectivity index (χ1n) is 7.14. The van der Waals surface area contributed by atoms with Gasteiger partial charge < -0.3 is 14.6 Å². The second kappa shape index (κ2) is 6.62. The van der Waals surface area contributed by atoms with Crippen LogP contribution in [0.25, 0.3) is 0 Å². The Morgan fingerprint density at radius 1 is 1.36 bits per heavy atom. The number of aryl methyl sites for hydroxylation is 1.